The Morgan fingerprint density at radius 1 is 0.218 bits per heavy atom. The van der Waals surface area contributed by atoms with Gasteiger partial charge in [0.05, 0.1) is 0 Å². The van der Waals surface area contributed by atoms with Crippen molar-refractivity contribution in [3.63, 3.8) is 0 Å². The van der Waals surface area contributed by atoms with Crippen molar-refractivity contribution in [1.29, 1.82) is 0 Å². The molecule has 4 aliphatic heterocycles. The van der Waals surface area contributed by atoms with Crippen LogP contribution in [-0.4, -0.2) is 101 Å². The molecule has 8 aromatic rings. The molecule has 0 spiro atoms. The van der Waals surface area contributed by atoms with Gasteiger partial charge in [0.2, 0.25) is 0 Å². The van der Waals surface area contributed by atoms with Gasteiger partial charge in [0.25, 0.3) is 0 Å². The van der Waals surface area contributed by atoms with Crippen molar-refractivity contribution >= 4 is 112 Å². The number of ether oxygens (including phenoxy) is 4. The monoisotopic (exact) mass is 1100 g/mol. The zero-order valence-corrected chi connectivity index (χ0v) is 50.0. The molecule has 10 heteroatoms. The van der Waals surface area contributed by atoms with E-state index in [-0.39, 0.29) is 37.7 Å². The van der Waals surface area contributed by atoms with E-state index in [1.54, 1.807) is 0 Å². The fraction of sp³-hybridized carbons (Fsp3) is 0.294. The Balaban J connectivity index is 0.000000372. The first kappa shape index (κ1) is 63.7. The van der Waals surface area contributed by atoms with Crippen molar-refractivity contribution in [3.8, 4) is 0 Å². The van der Waals surface area contributed by atoms with E-state index >= 15 is 0 Å². The maximum atomic E-state index is 4.94. The van der Waals surface area contributed by atoms with E-state index in [1.165, 1.54) is 93.8 Å². The van der Waals surface area contributed by atoms with Crippen LogP contribution in [-0.2, 0) is 18.9 Å². The molecule has 4 fully saturated rings. The smallest absolute Gasteiger partial charge is 0.0466 e. The van der Waals surface area contributed by atoms with Crippen molar-refractivity contribution in [2.75, 3.05) is 52.9 Å². The minimum Gasteiger partial charge on any atom is -0.381 e. The van der Waals surface area contributed by atoms with E-state index in [1.807, 2.05) is 0 Å². The van der Waals surface area contributed by atoms with E-state index in [0.717, 1.165) is 65.7 Å². The van der Waals surface area contributed by atoms with Gasteiger partial charge in [0.1, 0.15) is 0 Å². The molecule has 4 aliphatic rings. The molecule has 0 amide bonds. The molecule has 78 heavy (non-hydrogen) atoms. The van der Waals surface area contributed by atoms with Crippen LogP contribution >= 0.6 is 31.7 Å². The molecular formula is C68H78Li2O4P4. The Labute approximate surface area is 497 Å². The van der Waals surface area contributed by atoms with E-state index < -0.39 is 31.7 Å². The van der Waals surface area contributed by atoms with Crippen LogP contribution in [0, 0.1) is 0 Å². The van der Waals surface area contributed by atoms with Crippen LogP contribution in [0.15, 0.2) is 243 Å². The first-order chi connectivity index (χ1) is 37.8. The predicted molar refractivity (Wildman–Crippen MR) is 345 cm³/mol. The molecule has 8 aromatic carbocycles. The van der Waals surface area contributed by atoms with E-state index in [2.05, 4.69) is 243 Å². The van der Waals surface area contributed by atoms with Crippen molar-refractivity contribution in [3.05, 3.63) is 243 Å². The molecule has 0 aliphatic carbocycles. The van der Waals surface area contributed by atoms with Gasteiger partial charge >= 0.3 is 0 Å². The van der Waals surface area contributed by atoms with Crippen LogP contribution in [0.2, 0.25) is 0 Å². The minimum atomic E-state index is -0.744. The number of hydrogen-bond donors (Lipinski definition) is 0. The summed E-state index contributed by atoms with van der Waals surface area (Å²) >= 11 is 0. The third kappa shape index (κ3) is 20.8. The molecule has 396 valence electrons. The largest absolute Gasteiger partial charge is 0.381 e. The summed E-state index contributed by atoms with van der Waals surface area (Å²) in [5.74, 6) is 0. The molecule has 0 unspecified atom stereocenters. The summed E-state index contributed by atoms with van der Waals surface area (Å²) in [6.45, 7) is 8.00. The van der Waals surface area contributed by atoms with Crippen molar-refractivity contribution in [1.82, 2.24) is 0 Å². The molecule has 0 saturated carbocycles. The summed E-state index contributed by atoms with van der Waals surface area (Å²) in [6.07, 6.45) is 12.4. The van der Waals surface area contributed by atoms with E-state index in [0.29, 0.717) is 10.8 Å². The fourth-order valence-electron chi connectivity index (χ4n) is 9.77. The maximum Gasteiger partial charge on any atom is 0.0466 e. The van der Waals surface area contributed by atoms with Gasteiger partial charge in [-0.2, -0.15) is 0 Å². The summed E-state index contributed by atoms with van der Waals surface area (Å²) in [7, 11) is -2.98. The standard InChI is InChI=1S/C52H46P4.4C4H8O.2Li/c1-9-25-43(26-10-1)53(44-27-11-2-12-28-44)51(54(45-29-13-3-14-30-45)46-31-15-4-16-32-46)41-42-52(55(47-33-17-5-18-34-47)48-35-19-6-20-36-48)56(49-37-21-7-22-38-49)50-39-23-8-24-40-50;4*1-2-4-5-3-1;;/h1-40,51-52H,41-42H2;4*1-4H2;;. The van der Waals surface area contributed by atoms with Crippen LogP contribution < -0.4 is 42.4 Å². The zero-order valence-electron chi connectivity index (χ0n) is 46.4. The topological polar surface area (TPSA) is 36.9 Å². The first-order valence-corrected chi connectivity index (χ1v) is 33.4. The fourth-order valence-corrected chi connectivity index (χ4v) is 24.3. The zero-order chi connectivity index (χ0) is 51.9. The van der Waals surface area contributed by atoms with Gasteiger partial charge in [-0.15, -0.1) is 0 Å². The Morgan fingerprint density at radius 2 is 0.346 bits per heavy atom. The van der Waals surface area contributed by atoms with Crippen LogP contribution in [0.25, 0.3) is 0 Å². The maximum absolute atomic E-state index is 4.94. The second kappa shape index (κ2) is 38.3. The molecule has 0 atom stereocenters. The molecule has 12 rings (SSSR count). The van der Waals surface area contributed by atoms with Gasteiger partial charge in [-0.25, -0.2) is 0 Å². The minimum absolute atomic E-state index is 0. The summed E-state index contributed by atoms with van der Waals surface area (Å²) in [5, 5.41) is 12.4. The van der Waals surface area contributed by atoms with Crippen LogP contribution in [0.3, 0.4) is 0 Å². The summed E-state index contributed by atoms with van der Waals surface area (Å²) in [6, 6.07) is 91.6. The Hall–Kier alpha value is -3.49. The predicted octanol–water partition coefficient (Wildman–Crippen LogP) is 13.4. The van der Waals surface area contributed by atoms with Gasteiger partial charge in [0, 0.05) is 101 Å². The van der Waals surface area contributed by atoms with Gasteiger partial charge in [-0.1, -0.05) is 243 Å². The Kier molecular flexibility index (Phi) is 31.2. The molecule has 4 saturated heterocycles. The van der Waals surface area contributed by atoms with Crippen LogP contribution in [0.4, 0.5) is 0 Å². The van der Waals surface area contributed by atoms with Gasteiger partial charge in [0.15, 0.2) is 0 Å². The summed E-state index contributed by atoms with van der Waals surface area (Å²) in [4.78, 5) is 0. The third-order valence-electron chi connectivity index (χ3n) is 13.5. The van der Waals surface area contributed by atoms with Crippen molar-refractivity contribution < 1.29 is 18.9 Å². The first-order valence-electron chi connectivity index (χ1n) is 27.7. The molecular weight excluding hydrogens is 1020 g/mol. The van der Waals surface area contributed by atoms with Gasteiger partial charge in [-0.05, 0) is 138 Å². The number of hydrogen-bond acceptors (Lipinski definition) is 4. The van der Waals surface area contributed by atoms with Crippen molar-refractivity contribution in [2.45, 2.75) is 75.0 Å². The summed E-state index contributed by atoms with van der Waals surface area (Å²) < 4.78 is 19.8. The normalized spacial score (nSPS) is 14.5. The Morgan fingerprint density at radius 3 is 0.449 bits per heavy atom. The number of rotatable bonds is 15. The molecule has 0 aromatic heterocycles. The molecule has 2 radical (unpaired) electrons. The second-order valence-corrected chi connectivity index (χ2v) is 29.4. The summed E-state index contributed by atoms with van der Waals surface area (Å²) in [5.41, 5.74) is 0. The molecule has 0 N–H and O–H groups in total. The van der Waals surface area contributed by atoms with Crippen molar-refractivity contribution in [2.24, 2.45) is 0 Å². The number of benzene rings is 8. The third-order valence-corrected chi connectivity index (χ3v) is 26.5. The van der Waals surface area contributed by atoms with E-state index in [4.69, 9.17) is 18.9 Å². The molecule has 4 nitrogen and oxygen atoms in total. The quantitative estimate of drug-likeness (QED) is 0.0757. The average molecular weight is 1100 g/mol. The average Bonchev–Trinajstić information content (AvgIpc) is 4.40. The van der Waals surface area contributed by atoms with Crippen LogP contribution in [0.1, 0.15) is 64.2 Å². The van der Waals surface area contributed by atoms with E-state index in [9.17, 15) is 0 Å². The van der Waals surface area contributed by atoms with Gasteiger partial charge in [-0.3, -0.25) is 0 Å². The Bertz CT molecular complexity index is 2130. The SMILES string of the molecule is C1CCOC1.C1CCOC1.C1CCOC1.C1CCOC1.[Li].[Li].c1ccc(P(c2ccccc2)C(CCC(P(c2ccccc2)c2ccccc2)P(c2ccccc2)c2ccccc2)P(c2ccccc2)c2ccccc2)cc1. The van der Waals surface area contributed by atoms with Gasteiger partial charge < -0.3 is 18.9 Å². The second-order valence-electron chi connectivity index (χ2n) is 19.0. The van der Waals surface area contributed by atoms with Crippen LogP contribution in [0.5, 0.6) is 0 Å². The molecule has 4 heterocycles. The molecule has 0 bridgehead atoms.